The summed E-state index contributed by atoms with van der Waals surface area (Å²) < 4.78 is 0. The number of nitrogens with one attached hydrogen (secondary N) is 1. The number of hydrogen-bond donors (Lipinski definition) is 1. The van der Waals surface area contributed by atoms with E-state index in [4.69, 9.17) is 0 Å². The van der Waals surface area contributed by atoms with E-state index < -0.39 is 0 Å². The highest BCUT2D eigenvalue weighted by Gasteiger charge is 2.33. The number of likely N-dealkylation sites (tertiary alicyclic amines) is 1. The molecule has 2 aliphatic heterocycles. The van der Waals surface area contributed by atoms with Gasteiger partial charge in [0.1, 0.15) is 0 Å². The lowest BCUT2D eigenvalue weighted by atomic mass is 9.97. The van der Waals surface area contributed by atoms with Crippen molar-refractivity contribution >= 4 is 0 Å². The van der Waals surface area contributed by atoms with Crippen molar-refractivity contribution in [2.75, 3.05) is 32.7 Å². The molecule has 3 unspecified atom stereocenters. The zero-order valence-corrected chi connectivity index (χ0v) is 13.5. The van der Waals surface area contributed by atoms with Crippen molar-refractivity contribution in [1.82, 2.24) is 15.1 Å². The fourth-order valence-corrected chi connectivity index (χ4v) is 3.89. The molecule has 116 valence electrons. The third-order valence-corrected chi connectivity index (χ3v) is 5.22. The van der Waals surface area contributed by atoms with Crippen molar-refractivity contribution < 1.29 is 0 Å². The molecule has 3 nitrogen and oxygen atoms in total. The maximum Gasteiger partial charge on any atom is 0.0450 e. The predicted octanol–water partition coefficient (Wildman–Crippen LogP) is 2.51. The van der Waals surface area contributed by atoms with Gasteiger partial charge in [0.25, 0.3) is 0 Å². The molecular weight excluding hydrogens is 258 g/mol. The quantitative estimate of drug-likeness (QED) is 0.921. The van der Waals surface area contributed by atoms with Crippen LogP contribution in [0.3, 0.4) is 0 Å². The molecule has 1 N–H and O–H groups in total. The second-order valence-corrected chi connectivity index (χ2v) is 6.61. The average Bonchev–Trinajstić information content (AvgIpc) is 2.56. The zero-order chi connectivity index (χ0) is 14.7. The van der Waals surface area contributed by atoms with Crippen molar-refractivity contribution in [3.05, 3.63) is 35.9 Å². The molecule has 0 aliphatic carbocycles. The molecule has 2 fully saturated rings. The lowest BCUT2D eigenvalue weighted by Crippen LogP contribution is -2.58. The van der Waals surface area contributed by atoms with Gasteiger partial charge in [-0.25, -0.2) is 0 Å². The molecule has 2 aliphatic rings. The monoisotopic (exact) mass is 287 g/mol. The Kier molecular flexibility index (Phi) is 4.94. The third-order valence-electron chi connectivity index (χ3n) is 5.22. The Labute approximate surface area is 129 Å². The first-order valence-corrected chi connectivity index (χ1v) is 8.54. The van der Waals surface area contributed by atoms with Gasteiger partial charge in [0.15, 0.2) is 0 Å². The summed E-state index contributed by atoms with van der Waals surface area (Å²) in [5.74, 6) is 0. The van der Waals surface area contributed by atoms with Crippen LogP contribution in [0.15, 0.2) is 30.3 Å². The van der Waals surface area contributed by atoms with E-state index in [2.05, 4.69) is 59.3 Å². The Balaban J connectivity index is 1.69. The molecular formula is C18H29N3. The second kappa shape index (κ2) is 6.91. The van der Waals surface area contributed by atoms with Crippen molar-refractivity contribution in [3.63, 3.8) is 0 Å². The molecule has 3 heteroatoms. The summed E-state index contributed by atoms with van der Waals surface area (Å²) in [6.45, 7) is 10.6. The Morgan fingerprint density at radius 2 is 2.00 bits per heavy atom. The lowest BCUT2D eigenvalue weighted by molar-refractivity contribution is 0.0429. The van der Waals surface area contributed by atoms with Crippen molar-refractivity contribution in [2.24, 2.45) is 0 Å². The minimum atomic E-state index is 0.486. The van der Waals surface area contributed by atoms with Crippen LogP contribution in [0, 0.1) is 0 Å². The summed E-state index contributed by atoms with van der Waals surface area (Å²) in [7, 11) is 0. The molecule has 21 heavy (non-hydrogen) atoms. The fraction of sp³-hybridized carbons (Fsp3) is 0.667. The van der Waals surface area contributed by atoms with Gasteiger partial charge < -0.3 is 10.2 Å². The van der Waals surface area contributed by atoms with E-state index in [1.807, 2.05) is 0 Å². The van der Waals surface area contributed by atoms with E-state index in [1.165, 1.54) is 38.0 Å². The predicted molar refractivity (Wildman–Crippen MR) is 88.5 cm³/mol. The Bertz CT molecular complexity index is 433. The first-order chi connectivity index (χ1) is 10.3. The van der Waals surface area contributed by atoms with Crippen LogP contribution in [0.1, 0.15) is 38.3 Å². The highest BCUT2D eigenvalue weighted by Crippen LogP contribution is 2.25. The highest BCUT2D eigenvalue weighted by molar-refractivity contribution is 5.20. The molecule has 1 aromatic rings. The summed E-state index contributed by atoms with van der Waals surface area (Å²) in [5.41, 5.74) is 1.43. The van der Waals surface area contributed by atoms with Gasteiger partial charge in [0, 0.05) is 37.8 Å². The molecule has 0 radical (unpaired) electrons. The van der Waals surface area contributed by atoms with E-state index in [0.29, 0.717) is 12.1 Å². The maximum absolute atomic E-state index is 3.72. The first-order valence-electron chi connectivity index (χ1n) is 8.54. The lowest BCUT2D eigenvalue weighted by Gasteiger charge is -2.46. The minimum absolute atomic E-state index is 0.486. The van der Waals surface area contributed by atoms with Crippen LogP contribution in [0.2, 0.25) is 0 Å². The van der Waals surface area contributed by atoms with E-state index in [9.17, 15) is 0 Å². The second-order valence-electron chi connectivity index (χ2n) is 6.61. The average molecular weight is 287 g/mol. The smallest absolute Gasteiger partial charge is 0.0450 e. The third kappa shape index (κ3) is 3.47. The van der Waals surface area contributed by atoms with E-state index in [1.54, 1.807) is 0 Å². The van der Waals surface area contributed by atoms with E-state index in [0.717, 1.165) is 19.1 Å². The molecule has 2 saturated heterocycles. The fourth-order valence-electron chi connectivity index (χ4n) is 3.89. The number of hydrogen-bond acceptors (Lipinski definition) is 3. The Hall–Kier alpha value is -0.900. The summed E-state index contributed by atoms with van der Waals surface area (Å²) in [6, 6.07) is 12.8. The standard InChI is InChI=1S/C18H29N3/c1-3-20-11-7-10-17(13-20)21-14-18(19-12-15(21)2)16-8-5-4-6-9-16/h4-6,8-9,15,17-19H,3,7,10-14H2,1-2H3. The van der Waals surface area contributed by atoms with Crippen LogP contribution in [-0.4, -0.2) is 54.6 Å². The maximum atomic E-state index is 3.72. The topological polar surface area (TPSA) is 18.5 Å². The van der Waals surface area contributed by atoms with Gasteiger partial charge in [0.2, 0.25) is 0 Å². The Morgan fingerprint density at radius 1 is 1.19 bits per heavy atom. The van der Waals surface area contributed by atoms with Gasteiger partial charge >= 0.3 is 0 Å². The molecule has 1 aromatic carbocycles. The molecule has 2 heterocycles. The van der Waals surface area contributed by atoms with Crippen LogP contribution in [0.25, 0.3) is 0 Å². The number of benzene rings is 1. The number of piperidine rings is 1. The van der Waals surface area contributed by atoms with Crippen LogP contribution in [0.4, 0.5) is 0 Å². The van der Waals surface area contributed by atoms with Gasteiger partial charge in [0.05, 0.1) is 0 Å². The summed E-state index contributed by atoms with van der Waals surface area (Å²) in [4.78, 5) is 5.37. The molecule has 0 bridgehead atoms. The number of likely N-dealkylation sites (N-methyl/N-ethyl adjacent to an activating group) is 1. The van der Waals surface area contributed by atoms with Gasteiger partial charge in [-0.15, -0.1) is 0 Å². The molecule has 3 atom stereocenters. The minimum Gasteiger partial charge on any atom is -0.307 e. The van der Waals surface area contributed by atoms with Gasteiger partial charge in [-0.2, -0.15) is 0 Å². The highest BCUT2D eigenvalue weighted by atomic mass is 15.3. The van der Waals surface area contributed by atoms with Crippen LogP contribution < -0.4 is 5.32 Å². The van der Waals surface area contributed by atoms with Gasteiger partial charge in [-0.1, -0.05) is 37.3 Å². The first kappa shape index (κ1) is 15.0. The largest absolute Gasteiger partial charge is 0.307 e. The number of piperazine rings is 1. The van der Waals surface area contributed by atoms with E-state index >= 15 is 0 Å². The van der Waals surface area contributed by atoms with Crippen LogP contribution in [-0.2, 0) is 0 Å². The molecule has 0 spiro atoms. The van der Waals surface area contributed by atoms with Crippen LogP contribution >= 0.6 is 0 Å². The number of rotatable bonds is 3. The van der Waals surface area contributed by atoms with Crippen LogP contribution in [0.5, 0.6) is 0 Å². The molecule has 0 saturated carbocycles. The normalized spacial score (nSPS) is 32.2. The van der Waals surface area contributed by atoms with Gasteiger partial charge in [-0.3, -0.25) is 4.90 Å². The van der Waals surface area contributed by atoms with Gasteiger partial charge in [-0.05, 0) is 38.4 Å². The Morgan fingerprint density at radius 3 is 2.76 bits per heavy atom. The SMILES string of the molecule is CCN1CCCC(N2CC(c3ccccc3)NCC2C)C1. The molecule has 0 aromatic heterocycles. The molecule has 0 amide bonds. The molecule has 3 rings (SSSR count). The zero-order valence-electron chi connectivity index (χ0n) is 13.5. The summed E-state index contributed by atoms with van der Waals surface area (Å²) in [6.07, 6.45) is 2.72. The van der Waals surface area contributed by atoms with Crippen molar-refractivity contribution in [2.45, 2.75) is 44.8 Å². The van der Waals surface area contributed by atoms with Crippen molar-refractivity contribution in [1.29, 1.82) is 0 Å². The van der Waals surface area contributed by atoms with Crippen molar-refractivity contribution in [3.8, 4) is 0 Å². The van der Waals surface area contributed by atoms with E-state index in [-0.39, 0.29) is 0 Å². The summed E-state index contributed by atoms with van der Waals surface area (Å²) in [5, 5.41) is 3.72. The summed E-state index contributed by atoms with van der Waals surface area (Å²) >= 11 is 0. The number of nitrogens with zero attached hydrogens (tertiary/aromatic N) is 2.